The van der Waals surface area contributed by atoms with Gasteiger partial charge in [-0.1, -0.05) is 24.9 Å². The first kappa shape index (κ1) is 15.8. The van der Waals surface area contributed by atoms with Crippen LogP contribution in [0.3, 0.4) is 0 Å². The number of hydrogen-bond acceptors (Lipinski definition) is 3. The molecule has 8 heteroatoms. The molecule has 0 bridgehead atoms. The molecule has 0 atom stereocenters. The summed E-state index contributed by atoms with van der Waals surface area (Å²) in [6.07, 6.45) is 1.55. The molecule has 0 unspecified atom stereocenters. The third-order valence-electron chi connectivity index (χ3n) is 3.05. The van der Waals surface area contributed by atoms with E-state index in [0.29, 0.717) is 28.9 Å². The summed E-state index contributed by atoms with van der Waals surface area (Å²) >= 11 is 5.91. The van der Waals surface area contributed by atoms with Gasteiger partial charge in [0.05, 0.1) is 0 Å². The van der Waals surface area contributed by atoms with E-state index in [2.05, 4.69) is 9.71 Å². The summed E-state index contributed by atoms with van der Waals surface area (Å²) < 4.78 is 27.3. The zero-order chi connectivity index (χ0) is 15.6. The topological polar surface area (TPSA) is 105 Å². The van der Waals surface area contributed by atoms with Gasteiger partial charge in [0.2, 0.25) is 10.0 Å². The SMILES string of the molecule is CCCCNS(=O)(=O)c1c(C(N)=O)[nH]c2ccc(Cl)cc12. The van der Waals surface area contributed by atoms with E-state index in [-0.39, 0.29) is 10.6 Å². The predicted molar refractivity (Wildman–Crippen MR) is 81.9 cm³/mol. The Kier molecular flexibility index (Phi) is 4.55. The first-order chi connectivity index (χ1) is 9.86. The number of benzene rings is 1. The molecule has 6 nitrogen and oxygen atoms in total. The van der Waals surface area contributed by atoms with Gasteiger partial charge in [-0.2, -0.15) is 0 Å². The highest BCUT2D eigenvalue weighted by atomic mass is 35.5. The van der Waals surface area contributed by atoms with Gasteiger partial charge in [-0.05, 0) is 24.6 Å². The van der Waals surface area contributed by atoms with Crippen LogP contribution in [0, 0.1) is 0 Å². The minimum atomic E-state index is -3.85. The zero-order valence-electron chi connectivity index (χ0n) is 11.4. The average molecular weight is 330 g/mol. The van der Waals surface area contributed by atoms with Crippen molar-refractivity contribution in [1.82, 2.24) is 9.71 Å². The Morgan fingerprint density at radius 2 is 2.14 bits per heavy atom. The first-order valence-corrected chi connectivity index (χ1v) is 8.33. The molecule has 0 aliphatic carbocycles. The van der Waals surface area contributed by atoms with Crippen LogP contribution in [-0.4, -0.2) is 25.9 Å². The minimum Gasteiger partial charge on any atom is -0.364 e. The molecule has 0 fully saturated rings. The van der Waals surface area contributed by atoms with Crippen LogP contribution in [0.1, 0.15) is 30.3 Å². The van der Waals surface area contributed by atoms with E-state index in [9.17, 15) is 13.2 Å². The number of fused-ring (bicyclic) bond motifs is 1. The molecule has 114 valence electrons. The van der Waals surface area contributed by atoms with Crippen LogP contribution in [0.15, 0.2) is 23.1 Å². The molecule has 4 N–H and O–H groups in total. The Balaban J connectivity index is 2.62. The maximum atomic E-state index is 12.4. The number of hydrogen-bond donors (Lipinski definition) is 3. The highest BCUT2D eigenvalue weighted by molar-refractivity contribution is 7.89. The Labute approximate surface area is 127 Å². The largest absolute Gasteiger partial charge is 0.364 e. The van der Waals surface area contributed by atoms with Crippen LogP contribution in [0.25, 0.3) is 10.9 Å². The van der Waals surface area contributed by atoms with Crippen molar-refractivity contribution in [3.63, 3.8) is 0 Å². The molecule has 0 spiro atoms. The van der Waals surface area contributed by atoms with Gasteiger partial charge >= 0.3 is 0 Å². The number of amides is 1. The van der Waals surface area contributed by atoms with Gasteiger partial charge < -0.3 is 10.7 Å². The summed E-state index contributed by atoms with van der Waals surface area (Å²) in [5.41, 5.74) is 5.62. The van der Waals surface area contributed by atoms with Crippen molar-refractivity contribution in [1.29, 1.82) is 0 Å². The minimum absolute atomic E-state index is 0.142. The summed E-state index contributed by atoms with van der Waals surface area (Å²) in [5, 5.41) is 0.725. The second-order valence-electron chi connectivity index (χ2n) is 4.63. The van der Waals surface area contributed by atoms with Gasteiger partial charge in [-0.25, -0.2) is 13.1 Å². The highest BCUT2D eigenvalue weighted by Crippen LogP contribution is 2.29. The maximum absolute atomic E-state index is 12.4. The van der Waals surface area contributed by atoms with Crippen molar-refractivity contribution in [3.8, 4) is 0 Å². The van der Waals surface area contributed by atoms with E-state index in [0.717, 1.165) is 6.42 Å². The molecular weight excluding hydrogens is 314 g/mol. The number of aromatic nitrogens is 1. The number of sulfonamides is 1. The molecule has 1 heterocycles. The van der Waals surface area contributed by atoms with Crippen molar-refractivity contribution < 1.29 is 13.2 Å². The van der Waals surface area contributed by atoms with E-state index in [1.54, 1.807) is 12.1 Å². The van der Waals surface area contributed by atoms with E-state index < -0.39 is 15.9 Å². The summed E-state index contributed by atoms with van der Waals surface area (Å²) in [4.78, 5) is 14.1. The van der Waals surface area contributed by atoms with Crippen molar-refractivity contribution >= 4 is 38.4 Å². The van der Waals surface area contributed by atoms with Crippen LogP contribution in [0.2, 0.25) is 5.02 Å². The number of primary amides is 1. The standard InChI is InChI=1S/C13H16ClN3O3S/c1-2-3-6-16-21(19,20)12-9-7-8(14)4-5-10(9)17-11(12)13(15)18/h4-5,7,16-17H,2-3,6H2,1H3,(H2,15,18). The van der Waals surface area contributed by atoms with Crippen molar-refractivity contribution in [2.45, 2.75) is 24.7 Å². The quantitative estimate of drug-likeness (QED) is 0.706. The lowest BCUT2D eigenvalue weighted by Crippen LogP contribution is -2.27. The lowest BCUT2D eigenvalue weighted by molar-refractivity contribution is 0.0993. The number of rotatable bonds is 6. The summed E-state index contributed by atoms with van der Waals surface area (Å²) in [7, 11) is -3.85. The van der Waals surface area contributed by atoms with Crippen LogP contribution < -0.4 is 10.5 Å². The summed E-state index contributed by atoms with van der Waals surface area (Å²) in [5.74, 6) is -0.835. The van der Waals surface area contributed by atoms with Crippen LogP contribution in [0.4, 0.5) is 0 Å². The molecule has 1 aromatic carbocycles. The second-order valence-corrected chi connectivity index (χ2v) is 6.77. The Hall–Kier alpha value is -1.57. The van der Waals surface area contributed by atoms with E-state index >= 15 is 0 Å². The van der Waals surface area contributed by atoms with Crippen LogP contribution in [0.5, 0.6) is 0 Å². The predicted octanol–water partition coefficient (Wildman–Crippen LogP) is 2.00. The molecule has 0 saturated carbocycles. The Morgan fingerprint density at radius 3 is 2.76 bits per heavy atom. The molecule has 0 radical (unpaired) electrons. The number of unbranched alkanes of at least 4 members (excludes halogenated alkanes) is 1. The zero-order valence-corrected chi connectivity index (χ0v) is 13.0. The number of aromatic amines is 1. The molecular formula is C13H16ClN3O3S. The van der Waals surface area contributed by atoms with Crippen molar-refractivity contribution in [2.75, 3.05) is 6.54 Å². The number of nitrogens with one attached hydrogen (secondary N) is 2. The highest BCUT2D eigenvalue weighted by Gasteiger charge is 2.26. The lowest BCUT2D eigenvalue weighted by Gasteiger charge is -2.06. The molecule has 0 saturated heterocycles. The molecule has 21 heavy (non-hydrogen) atoms. The fraction of sp³-hybridized carbons (Fsp3) is 0.308. The number of H-pyrrole nitrogens is 1. The van der Waals surface area contributed by atoms with E-state index in [4.69, 9.17) is 17.3 Å². The van der Waals surface area contributed by atoms with Gasteiger partial charge in [0.1, 0.15) is 10.6 Å². The third kappa shape index (κ3) is 3.20. The van der Waals surface area contributed by atoms with Crippen molar-refractivity contribution in [3.05, 3.63) is 28.9 Å². The van der Waals surface area contributed by atoms with Gasteiger partial charge in [0.25, 0.3) is 5.91 Å². The number of carbonyl (C=O) groups is 1. The molecule has 0 aliphatic heterocycles. The van der Waals surface area contributed by atoms with Gasteiger partial charge in [-0.15, -0.1) is 0 Å². The van der Waals surface area contributed by atoms with Crippen molar-refractivity contribution in [2.24, 2.45) is 5.73 Å². The number of halogens is 1. The molecule has 0 aliphatic rings. The fourth-order valence-electron chi connectivity index (χ4n) is 2.05. The third-order valence-corrected chi connectivity index (χ3v) is 4.83. The fourth-order valence-corrected chi connectivity index (χ4v) is 3.66. The molecule has 2 aromatic rings. The van der Waals surface area contributed by atoms with Gasteiger partial charge in [0.15, 0.2) is 0 Å². The van der Waals surface area contributed by atoms with E-state index in [1.807, 2.05) is 6.92 Å². The Morgan fingerprint density at radius 1 is 1.43 bits per heavy atom. The monoisotopic (exact) mass is 329 g/mol. The number of nitrogens with two attached hydrogens (primary N) is 1. The Bertz CT molecular complexity index is 783. The molecule has 1 amide bonds. The van der Waals surface area contributed by atoms with E-state index in [1.165, 1.54) is 6.07 Å². The number of carbonyl (C=O) groups excluding carboxylic acids is 1. The maximum Gasteiger partial charge on any atom is 0.266 e. The van der Waals surface area contributed by atoms with Gasteiger partial charge in [0, 0.05) is 22.5 Å². The second kappa shape index (κ2) is 6.05. The molecule has 1 aromatic heterocycles. The van der Waals surface area contributed by atoms with Crippen LogP contribution >= 0.6 is 11.6 Å². The summed E-state index contributed by atoms with van der Waals surface area (Å²) in [6.45, 7) is 2.25. The van der Waals surface area contributed by atoms with Crippen LogP contribution in [-0.2, 0) is 10.0 Å². The van der Waals surface area contributed by atoms with Gasteiger partial charge in [-0.3, -0.25) is 4.79 Å². The smallest absolute Gasteiger partial charge is 0.266 e. The normalized spacial score (nSPS) is 11.9. The average Bonchev–Trinajstić information content (AvgIpc) is 2.78. The lowest BCUT2D eigenvalue weighted by atomic mass is 10.2. The molecule has 2 rings (SSSR count). The summed E-state index contributed by atoms with van der Waals surface area (Å²) in [6, 6.07) is 4.70. The first-order valence-electron chi connectivity index (χ1n) is 6.47.